The van der Waals surface area contributed by atoms with Crippen LogP contribution in [0.15, 0.2) is 58.4 Å². The van der Waals surface area contributed by atoms with E-state index in [4.69, 9.17) is 21.8 Å². The highest BCUT2D eigenvalue weighted by atomic mass is 35.5. The van der Waals surface area contributed by atoms with Gasteiger partial charge in [-0.1, -0.05) is 23.7 Å². The lowest BCUT2D eigenvalue weighted by Gasteiger charge is -2.36. The number of guanidine groups is 1. The number of rotatable bonds is 3. The van der Waals surface area contributed by atoms with Crippen molar-refractivity contribution >= 4 is 54.6 Å². The van der Waals surface area contributed by atoms with Gasteiger partial charge in [0.1, 0.15) is 11.8 Å². The van der Waals surface area contributed by atoms with Gasteiger partial charge in [-0.15, -0.1) is 11.3 Å². The van der Waals surface area contributed by atoms with Crippen LogP contribution in [-0.2, 0) is 15.2 Å². The van der Waals surface area contributed by atoms with E-state index in [0.717, 1.165) is 31.8 Å². The van der Waals surface area contributed by atoms with Crippen molar-refractivity contribution in [3.05, 3.63) is 58.9 Å². The molecule has 32 heavy (non-hydrogen) atoms. The van der Waals surface area contributed by atoms with Crippen molar-refractivity contribution in [3.8, 4) is 22.7 Å². The molecule has 164 valence electrons. The van der Waals surface area contributed by atoms with E-state index in [1.54, 1.807) is 25.7 Å². The van der Waals surface area contributed by atoms with Crippen LogP contribution in [0.1, 0.15) is 11.8 Å². The summed E-state index contributed by atoms with van der Waals surface area (Å²) in [6.45, 7) is 1.90. The average molecular weight is 486 g/mol. The zero-order chi connectivity index (χ0) is 22.7. The number of fused-ring (bicyclic) bond motifs is 1. The van der Waals surface area contributed by atoms with Gasteiger partial charge in [0.2, 0.25) is 11.9 Å². The number of benzene rings is 1. The third kappa shape index (κ3) is 3.28. The number of nitrogens with two attached hydrogens (primary N) is 1. The molecule has 0 radical (unpaired) electrons. The Labute approximate surface area is 194 Å². The van der Waals surface area contributed by atoms with Crippen LogP contribution in [0.4, 0.5) is 0 Å². The minimum atomic E-state index is -2.61. The number of nitrogens with zero attached hydrogens (tertiary/aromatic N) is 4. The first-order valence-corrected chi connectivity index (χ1v) is 12.8. The van der Waals surface area contributed by atoms with Crippen LogP contribution in [0.5, 0.6) is 0 Å². The lowest BCUT2D eigenvalue weighted by Crippen LogP contribution is -2.50. The molecule has 1 aliphatic rings. The maximum atomic E-state index is 13.1. The molecule has 2 N–H and O–H groups in total. The number of aromatic nitrogens is 2. The van der Waals surface area contributed by atoms with Crippen molar-refractivity contribution in [1.29, 1.82) is 0 Å². The van der Waals surface area contributed by atoms with Crippen molar-refractivity contribution in [2.45, 2.75) is 12.5 Å². The van der Waals surface area contributed by atoms with Gasteiger partial charge in [-0.05, 0) is 31.0 Å². The first-order valence-electron chi connectivity index (χ1n) is 9.71. The molecular formula is C22H20ClN5O2S2. The number of oxazole rings is 1. The van der Waals surface area contributed by atoms with Gasteiger partial charge in [-0.25, -0.2) is 14.2 Å². The molecule has 3 aromatic heterocycles. The number of hydrogen-bond acceptors (Lipinski definition) is 7. The van der Waals surface area contributed by atoms with Gasteiger partial charge in [0.15, 0.2) is 0 Å². The van der Waals surface area contributed by atoms with Crippen molar-refractivity contribution in [2.75, 3.05) is 12.8 Å². The summed E-state index contributed by atoms with van der Waals surface area (Å²) in [6.07, 6.45) is 4.90. The Bertz CT molecular complexity index is 1460. The Hall–Kier alpha value is -2.88. The van der Waals surface area contributed by atoms with E-state index in [1.165, 1.54) is 15.6 Å². The highest BCUT2D eigenvalue weighted by Gasteiger charge is 2.40. The Balaban J connectivity index is 1.64. The molecule has 1 aromatic carbocycles. The Morgan fingerprint density at radius 1 is 1.22 bits per heavy atom. The monoisotopic (exact) mass is 485 g/mol. The van der Waals surface area contributed by atoms with Crippen molar-refractivity contribution in [1.82, 2.24) is 14.3 Å². The zero-order valence-corrected chi connectivity index (χ0v) is 19.8. The second-order valence-electron chi connectivity index (χ2n) is 7.85. The minimum absolute atomic E-state index is 0.188. The summed E-state index contributed by atoms with van der Waals surface area (Å²) in [5.41, 5.74) is 7.86. The van der Waals surface area contributed by atoms with E-state index < -0.39 is 15.2 Å². The summed E-state index contributed by atoms with van der Waals surface area (Å²) in [5, 5.41) is 1.45. The van der Waals surface area contributed by atoms with Crippen molar-refractivity contribution in [2.24, 2.45) is 10.7 Å². The maximum Gasteiger partial charge on any atom is 0.225 e. The number of hydrogen-bond donors (Lipinski definition) is 1. The van der Waals surface area contributed by atoms with Crippen LogP contribution >= 0.6 is 22.9 Å². The molecule has 1 unspecified atom stereocenters. The van der Waals surface area contributed by atoms with Gasteiger partial charge in [-0.3, -0.25) is 9.29 Å². The molecule has 4 heterocycles. The molecule has 0 saturated heterocycles. The number of halogens is 1. The lowest BCUT2D eigenvalue weighted by atomic mass is 10.0. The zero-order valence-electron chi connectivity index (χ0n) is 17.4. The Kier molecular flexibility index (Phi) is 4.81. The van der Waals surface area contributed by atoms with Crippen LogP contribution in [0.25, 0.3) is 32.8 Å². The average Bonchev–Trinajstić information content (AvgIpc) is 3.41. The van der Waals surface area contributed by atoms with Crippen molar-refractivity contribution < 1.29 is 8.63 Å². The molecule has 0 fully saturated rings. The summed E-state index contributed by atoms with van der Waals surface area (Å²) in [4.78, 5) is 14.3. The van der Waals surface area contributed by atoms with Gasteiger partial charge < -0.3 is 10.2 Å². The third-order valence-electron chi connectivity index (χ3n) is 5.56. The second kappa shape index (κ2) is 7.33. The lowest BCUT2D eigenvalue weighted by molar-refractivity contribution is 0.522. The summed E-state index contributed by atoms with van der Waals surface area (Å²) in [6, 6.07) is 9.72. The normalized spacial score (nSPS) is 23.5. The van der Waals surface area contributed by atoms with Crippen LogP contribution in [0.3, 0.4) is 0 Å². The molecule has 0 amide bonds. The summed E-state index contributed by atoms with van der Waals surface area (Å²) >= 11 is 8.33. The predicted octanol–water partition coefficient (Wildman–Crippen LogP) is 4.38. The van der Waals surface area contributed by atoms with Gasteiger partial charge in [0.25, 0.3) is 0 Å². The van der Waals surface area contributed by atoms with Gasteiger partial charge in [0, 0.05) is 29.8 Å². The molecular weight excluding hydrogens is 466 g/mol. The van der Waals surface area contributed by atoms with Crippen LogP contribution in [-0.4, -0.2) is 43.1 Å². The van der Waals surface area contributed by atoms with Crippen LogP contribution in [0, 0.1) is 0 Å². The molecule has 0 aliphatic carbocycles. The molecule has 0 saturated carbocycles. The fraction of sp³-hybridized carbons (Fsp3) is 0.182. The van der Waals surface area contributed by atoms with Crippen LogP contribution < -0.4 is 5.73 Å². The molecule has 2 atom stereocenters. The molecule has 0 spiro atoms. The standard InChI is InChI=1S/C22H20ClN5O2S2/c1-22(12-32(3,29)28(2)21(24)27-22)19-16(23)15-8-9-25-17(18(15)31-19)13-4-6-14(7-5-13)20-26-10-11-30-20/h4-11H,3,12H2,1-2H3,(H2,24,27)/t22-,32?/m0/s1. The van der Waals surface area contributed by atoms with Crippen molar-refractivity contribution in [3.63, 3.8) is 0 Å². The summed E-state index contributed by atoms with van der Waals surface area (Å²) < 4.78 is 20.8. The highest BCUT2D eigenvalue weighted by molar-refractivity contribution is 7.98. The largest absolute Gasteiger partial charge is 0.445 e. The first kappa shape index (κ1) is 21.0. The quantitative estimate of drug-likeness (QED) is 0.434. The fourth-order valence-electron chi connectivity index (χ4n) is 3.86. The topological polar surface area (TPSA) is 97.6 Å². The minimum Gasteiger partial charge on any atom is -0.445 e. The van der Waals surface area contributed by atoms with E-state index in [1.807, 2.05) is 37.3 Å². The van der Waals surface area contributed by atoms with E-state index in [2.05, 4.69) is 20.8 Å². The predicted molar refractivity (Wildman–Crippen MR) is 132 cm³/mol. The van der Waals surface area contributed by atoms with E-state index in [9.17, 15) is 4.21 Å². The van der Waals surface area contributed by atoms with E-state index >= 15 is 0 Å². The van der Waals surface area contributed by atoms with Crippen LogP contribution in [0.2, 0.25) is 5.02 Å². The molecule has 7 nitrogen and oxygen atoms in total. The molecule has 1 aliphatic heterocycles. The SMILES string of the molecule is C=S1(=O)C[C@@](C)(c2sc3c(-c4ccc(-c5ncco5)cc4)nccc3c2Cl)N=C(N)N1C. The van der Waals surface area contributed by atoms with Gasteiger partial charge in [-0.2, -0.15) is 0 Å². The smallest absolute Gasteiger partial charge is 0.225 e. The summed E-state index contributed by atoms with van der Waals surface area (Å²) in [5.74, 6) is 4.86. The maximum absolute atomic E-state index is 13.1. The first-order chi connectivity index (χ1) is 15.2. The molecule has 4 aromatic rings. The number of thiophene rings is 1. The third-order valence-corrected chi connectivity index (χ3v) is 9.73. The van der Waals surface area contributed by atoms with E-state index in [-0.39, 0.29) is 11.7 Å². The molecule has 10 heteroatoms. The van der Waals surface area contributed by atoms with Gasteiger partial charge >= 0.3 is 0 Å². The Morgan fingerprint density at radius 2 is 1.94 bits per heavy atom. The number of pyridine rings is 1. The highest BCUT2D eigenvalue weighted by Crippen LogP contribution is 2.47. The fourth-order valence-corrected chi connectivity index (χ4v) is 7.44. The number of aliphatic imine (C=N–C) groups is 1. The van der Waals surface area contributed by atoms with E-state index in [0.29, 0.717) is 10.9 Å². The summed E-state index contributed by atoms with van der Waals surface area (Å²) in [7, 11) is -0.971. The Morgan fingerprint density at radius 3 is 2.59 bits per heavy atom. The second-order valence-corrected chi connectivity index (χ2v) is 11.6. The molecule has 5 rings (SSSR count). The van der Waals surface area contributed by atoms with Gasteiger partial charge in [0.05, 0.1) is 42.0 Å². The molecule has 0 bridgehead atoms.